The van der Waals surface area contributed by atoms with Crippen molar-refractivity contribution in [1.82, 2.24) is 0 Å². The monoisotopic (exact) mass is 522 g/mol. The van der Waals surface area contributed by atoms with E-state index in [1.165, 1.54) is 77.0 Å². The molecule has 0 aliphatic rings. The predicted octanol–water partition coefficient (Wildman–Crippen LogP) is 10.3. The van der Waals surface area contributed by atoms with Gasteiger partial charge in [-0.1, -0.05) is 0 Å². The summed E-state index contributed by atoms with van der Waals surface area (Å²) in [6.07, 6.45) is 17.6. The molecule has 0 heterocycles. The summed E-state index contributed by atoms with van der Waals surface area (Å²) in [5, 5.41) is 0. The molecule has 5 heteroatoms. The van der Waals surface area contributed by atoms with Crippen LogP contribution in [0.25, 0.3) is 0 Å². The van der Waals surface area contributed by atoms with E-state index in [1.807, 2.05) is 0 Å². The number of hydrogen-bond acceptors (Lipinski definition) is 2. The summed E-state index contributed by atoms with van der Waals surface area (Å²) in [5.41, 5.74) is 0. The van der Waals surface area contributed by atoms with Crippen LogP contribution in [0.3, 0.4) is 0 Å². The van der Waals surface area contributed by atoms with E-state index in [4.69, 9.17) is 7.61 Å². The van der Waals surface area contributed by atoms with Crippen molar-refractivity contribution >= 4 is 0 Å². The van der Waals surface area contributed by atoms with Gasteiger partial charge in [-0.05, 0) is 0 Å². The molecule has 0 N–H and O–H groups in total. The molecule has 0 rings (SSSR count). The van der Waals surface area contributed by atoms with Gasteiger partial charge in [0.2, 0.25) is 0 Å². The fourth-order valence-electron chi connectivity index (χ4n) is 3.31. The van der Waals surface area contributed by atoms with Gasteiger partial charge in [0.25, 0.3) is 0 Å². The topological polar surface area (TPSA) is 34.1 Å². The van der Waals surface area contributed by atoms with Gasteiger partial charge in [0.15, 0.2) is 0 Å². The summed E-state index contributed by atoms with van der Waals surface area (Å²) in [6.45, 7) is 14.0. The van der Waals surface area contributed by atoms with E-state index >= 15 is 0 Å². The molecule has 0 saturated heterocycles. The fraction of sp³-hybridized carbons (Fsp3) is 1.00. The summed E-state index contributed by atoms with van der Waals surface area (Å²) in [6, 6.07) is 0. The minimum absolute atomic E-state index is 0.552. The maximum absolute atomic E-state index is 8.44. The molecule has 0 bridgehead atoms. The molecule has 0 spiro atoms. The molecular weight excluding hydrogens is 468 g/mol. The van der Waals surface area contributed by atoms with Crippen molar-refractivity contribution in [3.8, 4) is 0 Å². The zero-order chi connectivity index (χ0) is 22.6. The van der Waals surface area contributed by atoms with Crippen molar-refractivity contribution in [1.29, 1.82) is 0 Å². The molecule has 0 atom stereocenters. The van der Waals surface area contributed by atoms with E-state index in [2.05, 4.69) is 41.5 Å². The molecule has 2 nitrogen and oxygen atoms in total. The Morgan fingerprint density at radius 2 is 0.552 bits per heavy atom. The second kappa shape index (κ2) is 34.2. The fourth-order valence-corrected chi connectivity index (χ4v) is 13.7. The molecular formula is C24H54CrO2Ti2. The van der Waals surface area contributed by atoms with Gasteiger partial charge in [-0.3, -0.25) is 0 Å². The second-order valence-electron chi connectivity index (χ2n) is 8.19. The van der Waals surface area contributed by atoms with E-state index in [1.54, 1.807) is 28.4 Å². The quantitative estimate of drug-likeness (QED) is 0.168. The van der Waals surface area contributed by atoms with Crippen molar-refractivity contribution in [2.45, 2.75) is 147 Å². The van der Waals surface area contributed by atoms with Crippen LogP contribution in [0, 0.1) is 0 Å². The molecule has 0 radical (unpaired) electrons. The number of rotatable bonds is 18. The van der Waals surface area contributed by atoms with Gasteiger partial charge in [-0.25, -0.2) is 0 Å². The molecule has 0 fully saturated rings. The van der Waals surface area contributed by atoms with Crippen molar-refractivity contribution in [2.75, 3.05) is 0 Å². The number of unbranched alkanes of at least 4 members (excludes halogenated alkanes) is 6. The van der Waals surface area contributed by atoms with Gasteiger partial charge in [0.05, 0.1) is 0 Å². The third-order valence-corrected chi connectivity index (χ3v) is 15.2. The Kier molecular flexibility index (Phi) is 41.4. The minimum atomic E-state index is -1.62. The molecule has 29 heavy (non-hydrogen) atoms. The zero-order valence-corrected chi connectivity index (χ0v) is 25.4. The van der Waals surface area contributed by atoms with E-state index < -0.39 is 50.8 Å². The Balaban J connectivity index is -0.000000410. The van der Waals surface area contributed by atoms with Crippen LogP contribution in [0.2, 0.25) is 28.4 Å². The molecule has 0 amide bonds. The first kappa shape index (κ1) is 35.2. The van der Waals surface area contributed by atoms with Gasteiger partial charge < -0.3 is 0 Å². The first-order valence-electron chi connectivity index (χ1n) is 12.7. The Morgan fingerprint density at radius 1 is 0.414 bits per heavy atom. The van der Waals surface area contributed by atoms with Crippen LogP contribution in [-0.4, -0.2) is 0 Å². The molecule has 0 aliphatic heterocycles. The molecule has 0 aromatic rings. The van der Waals surface area contributed by atoms with Crippen LogP contribution in [0.15, 0.2) is 0 Å². The van der Waals surface area contributed by atoms with E-state index in [9.17, 15) is 0 Å². The third-order valence-electron chi connectivity index (χ3n) is 5.30. The third kappa shape index (κ3) is 34.4. The van der Waals surface area contributed by atoms with E-state index in [0.717, 1.165) is 0 Å². The molecule has 0 aromatic heterocycles. The van der Waals surface area contributed by atoms with Gasteiger partial charge in [0.1, 0.15) is 0 Å². The summed E-state index contributed by atoms with van der Waals surface area (Å²) in [5.74, 6) is 0. The van der Waals surface area contributed by atoms with Crippen molar-refractivity contribution in [3.63, 3.8) is 0 Å². The van der Waals surface area contributed by atoms with Crippen LogP contribution in [0.1, 0.15) is 119 Å². The first-order chi connectivity index (χ1) is 14.1. The van der Waals surface area contributed by atoms with E-state index in [0.29, 0.717) is 0 Å². The molecule has 0 aliphatic carbocycles. The first-order valence-corrected chi connectivity index (χ1v) is 20.4. The Bertz CT molecular complexity index is 249. The van der Waals surface area contributed by atoms with Crippen LogP contribution >= 0.6 is 0 Å². The van der Waals surface area contributed by atoms with E-state index in [-0.39, 0.29) is 0 Å². The summed E-state index contributed by atoms with van der Waals surface area (Å²) >= 11 is -2.73. The Morgan fingerprint density at radius 3 is 0.655 bits per heavy atom. The standard InChI is InChI=1S/6C4H9.Cr.2O.2Ti/c6*1-3-4-2;;;;;/h6*1,3-4H2,2H3;;;;;/q;;;;;;+2;;;2*-1. The van der Waals surface area contributed by atoms with Crippen LogP contribution in [-0.2, 0) is 58.4 Å². The average Bonchev–Trinajstić information content (AvgIpc) is 2.73. The maximum atomic E-state index is 8.44. The molecule has 176 valence electrons. The van der Waals surface area contributed by atoms with Crippen molar-refractivity contribution < 1.29 is 58.4 Å². The normalized spacial score (nSPS) is 10.2. The molecule has 0 aromatic carbocycles. The molecule has 0 saturated carbocycles. The van der Waals surface area contributed by atoms with Gasteiger partial charge in [-0.15, -0.1) is 0 Å². The zero-order valence-electron chi connectivity index (χ0n) is 21.0. The van der Waals surface area contributed by atoms with Gasteiger partial charge >= 0.3 is 205 Å². The van der Waals surface area contributed by atoms with Crippen LogP contribution in [0.5, 0.6) is 0 Å². The number of hydrogen-bond donors (Lipinski definition) is 0. The summed E-state index contributed by atoms with van der Waals surface area (Å²) in [4.78, 5) is 0. The SMILES string of the molecule is CCC[CH2][Ti-]([CH2]CCC)[CH2]CCC.CCC[CH2][Ti-]([CH2]CCC)[CH2]CCC.[O]=[Cr+2]=[O]. The van der Waals surface area contributed by atoms with Crippen LogP contribution in [0.4, 0.5) is 0 Å². The second-order valence-corrected chi connectivity index (χ2v) is 17.8. The summed E-state index contributed by atoms with van der Waals surface area (Å²) < 4.78 is 26.8. The predicted molar refractivity (Wildman–Crippen MR) is 120 cm³/mol. The van der Waals surface area contributed by atoms with Gasteiger partial charge in [-0.2, -0.15) is 0 Å². The van der Waals surface area contributed by atoms with Crippen molar-refractivity contribution in [2.24, 2.45) is 0 Å². The summed E-state index contributed by atoms with van der Waals surface area (Å²) in [7, 11) is 0. The Labute approximate surface area is 204 Å². The Hall–Kier alpha value is 1.56. The average molecular weight is 522 g/mol. The van der Waals surface area contributed by atoms with Gasteiger partial charge in [0, 0.05) is 0 Å². The molecule has 0 unspecified atom stereocenters. The van der Waals surface area contributed by atoms with Crippen LogP contribution < -0.4 is 0 Å². The van der Waals surface area contributed by atoms with Crippen molar-refractivity contribution in [3.05, 3.63) is 0 Å².